The zero-order valence-corrected chi connectivity index (χ0v) is 11.4. The van der Waals surface area contributed by atoms with E-state index < -0.39 is 0 Å². The van der Waals surface area contributed by atoms with Crippen LogP contribution in [0.15, 0.2) is 0 Å². The molecule has 0 bridgehead atoms. The van der Waals surface area contributed by atoms with Crippen LogP contribution in [-0.2, 0) is 4.74 Å². The summed E-state index contributed by atoms with van der Waals surface area (Å²) >= 11 is 0. The average Bonchev–Trinajstić information content (AvgIpc) is 2.08. The SMILES string of the molecule is CNC(CCOCCC(C)C)C(C)(C)C. The largest absolute Gasteiger partial charge is 0.381 e. The van der Waals surface area contributed by atoms with E-state index in [0.717, 1.165) is 25.6 Å². The summed E-state index contributed by atoms with van der Waals surface area (Å²) in [6.07, 6.45) is 2.26. The van der Waals surface area contributed by atoms with Gasteiger partial charge in [0.25, 0.3) is 0 Å². The molecule has 0 saturated carbocycles. The Kier molecular flexibility index (Phi) is 7.20. The van der Waals surface area contributed by atoms with Crippen molar-refractivity contribution in [2.24, 2.45) is 11.3 Å². The smallest absolute Gasteiger partial charge is 0.0481 e. The molecule has 0 radical (unpaired) electrons. The Hall–Kier alpha value is -0.0800. The third-order valence-electron chi connectivity index (χ3n) is 2.78. The van der Waals surface area contributed by atoms with E-state index in [1.807, 2.05) is 7.05 Å². The molecule has 0 aromatic carbocycles. The van der Waals surface area contributed by atoms with Crippen molar-refractivity contribution in [2.45, 2.75) is 53.5 Å². The molecule has 2 nitrogen and oxygen atoms in total. The molecule has 0 amide bonds. The van der Waals surface area contributed by atoms with E-state index in [1.165, 1.54) is 6.42 Å². The molecule has 0 aromatic heterocycles. The van der Waals surface area contributed by atoms with Gasteiger partial charge < -0.3 is 10.1 Å². The molecule has 0 heterocycles. The van der Waals surface area contributed by atoms with Gasteiger partial charge in [0.1, 0.15) is 0 Å². The van der Waals surface area contributed by atoms with Crippen LogP contribution >= 0.6 is 0 Å². The fraction of sp³-hybridized carbons (Fsp3) is 1.00. The number of nitrogens with one attached hydrogen (secondary N) is 1. The lowest BCUT2D eigenvalue weighted by molar-refractivity contribution is 0.101. The van der Waals surface area contributed by atoms with E-state index in [2.05, 4.69) is 39.9 Å². The molecule has 0 aromatic rings. The number of ether oxygens (including phenoxy) is 1. The molecule has 15 heavy (non-hydrogen) atoms. The third kappa shape index (κ3) is 7.80. The molecule has 1 atom stereocenters. The summed E-state index contributed by atoms with van der Waals surface area (Å²) in [6, 6.07) is 0.538. The van der Waals surface area contributed by atoms with Crippen molar-refractivity contribution in [3.05, 3.63) is 0 Å². The van der Waals surface area contributed by atoms with Crippen LogP contribution in [0.25, 0.3) is 0 Å². The van der Waals surface area contributed by atoms with Crippen LogP contribution in [0.1, 0.15) is 47.5 Å². The van der Waals surface area contributed by atoms with Gasteiger partial charge in [0.2, 0.25) is 0 Å². The van der Waals surface area contributed by atoms with E-state index in [9.17, 15) is 0 Å². The van der Waals surface area contributed by atoms with Gasteiger partial charge in [-0.25, -0.2) is 0 Å². The molecular weight excluding hydrogens is 186 g/mol. The number of hydrogen-bond acceptors (Lipinski definition) is 2. The predicted molar refractivity (Wildman–Crippen MR) is 67.2 cm³/mol. The minimum absolute atomic E-state index is 0.316. The third-order valence-corrected chi connectivity index (χ3v) is 2.78. The Morgan fingerprint density at radius 1 is 1.07 bits per heavy atom. The Balaban J connectivity index is 3.56. The van der Waals surface area contributed by atoms with E-state index in [-0.39, 0.29) is 0 Å². The van der Waals surface area contributed by atoms with E-state index in [0.29, 0.717) is 11.5 Å². The number of hydrogen-bond donors (Lipinski definition) is 1. The molecule has 0 rings (SSSR count). The second-order valence-electron chi connectivity index (χ2n) is 5.79. The highest BCUT2D eigenvalue weighted by molar-refractivity contribution is 4.78. The van der Waals surface area contributed by atoms with Gasteiger partial charge >= 0.3 is 0 Å². The lowest BCUT2D eigenvalue weighted by Crippen LogP contribution is -2.38. The monoisotopic (exact) mass is 215 g/mol. The van der Waals surface area contributed by atoms with Gasteiger partial charge in [-0.15, -0.1) is 0 Å². The molecule has 0 fully saturated rings. The average molecular weight is 215 g/mol. The van der Waals surface area contributed by atoms with E-state index in [1.54, 1.807) is 0 Å². The first-order chi connectivity index (χ1) is 6.88. The summed E-state index contributed by atoms with van der Waals surface area (Å²) < 4.78 is 5.63. The van der Waals surface area contributed by atoms with Crippen LogP contribution in [0.3, 0.4) is 0 Å². The summed E-state index contributed by atoms with van der Waals surface area (Å²) in [5.41, 5.74) is 0.316. The second kappa shape index (κ2) is 7.24. The first-order valence-electron chi connectivity index (χ1n) is 6.13. The number of rotatable bonds is 7. The predicted octanol–water partition coefficient (Wildman–Crippen LogP) is 3.07. The highest BCUT2D eigenvalue weighted by atomic mass is 16.5. The Morgan fingerprint density at radius 3 is 2.00 bits per heavy atom. The van der Waals surface area contributed by atoms with Crippen molar-refractivity contribution in [3.63, 3.8) is 0 Å². The minimum atomic E-state index is 0.316. The summed E-state index contributed by atoms with van der Waals surface area (Å²) in [7, 11) is 2.03. The van der Waals surface area contributed by atoms with Crippen LogP contribution in [-0.4, -0.2) is 26.3 Å². The Labute approximate surface area is 95.8 Å². The summed E-state index contributed by atoms with van der Waals surface area (Å²) in [5, 5.41) is 3.36. The fourth-order valence-corrected chi connectivity index (χ4v) is 1.63. The normalized spacial score (nSPS) is 14.6. The van der Waals surface area contributed by atoms with Crippen molar-refractivity contribution < 1.29 is 4.74 Å². The molecule has 0 aliphatic rings. The maximum atomic E-state index is 5.63. The zero-order valence-electron chi connectivity index (χ0n) is 11.4. The maximum Gasteiger partial charge on any atom is 0.0481 e. The van der Waals surface area contributed by atoms with Gasteiger partial charge in [0.05, 0.1) is 0 Å². The Morgan fingerprint density at radius 2 is 1.60 bits per heavy atom. The molecule has 1 N–H and O–H groups in total. The molecule has 92 valence electrons. The van der Waals surface area contributed by atoms with Crippen molar-refractivity contribution >= 4 is 0 Å². The van der Waals surface area contributed by atoms with Gasteiger partial charge in [-0.05, 0) is 31.2 Å². The summed E-state index contributed by atoms with van der Waals surface area (Å²) in [5.74, 6) is 0.743. The van der Waals surface area contributed by atoms with Crippen LogP contribution < -0.4 is 5.32 Å². The van der Waals surface area contributed by atoms with Crippen LogP contribution in [0.4, 0.5) is 0 Å². The van der Waals surface area contributed by atoms with Crippen molar-refractivity contribution in [1.82, 2.24) is 5.32 Å². The fourth-order valence-electron chi connectivity index (χ4n) is 1.63. The molecule has 0 aliphatic carbocycles. The van der Waals surface area contributed by atoms with Gasteiger partial charge in [0.15, 0.2) is 0 Å². The van der Waals surface area contributed by atoms with Gasteiger partial charge in [-0.3, -0.25) is 0 Å². The Bertz CT molecular complexity index is 149. The lowest BCUT2D eigenvalue weighted by atomic mass is 9.85. The molecular formula is C13H29NO. The summed E-state index contributed by atoms with van der Waals surface area (Å²) in [4.78, 5) is 0. The topological polar surface area (TPSA) is 21.3 Å². The highest BCUT2D eigenvalue weighted by Crippen LogP contribution is 2.21. The van der Waals surface area contributed by atoms with Crippen molar-refractivity contribution in [1.29, 1.82) is 0 Å². The lowest BCUT2D eigenvalue weighted by Gasteiger charge is -2.30. The van der Waals surface area contributed by atoms with E-state index >= 15 is 0 Å². The molecule has 0 saturated heterocycles. The van der Waals surface area contributed by atoms with E-state index in [4.69, 9.17) is 4.74 Å². The first kappa shape index (κ1) is 14.9. The second-order valence-corrected chi connectivity index (χ2v) is 5.79. The van der Waals surface area contributed by atoms with Crippen molar-refractivity contribution in [2.75, 3.05) is 20.3 Å². The quantitative estimate of drug-likeness (QED) is 0.659. The van der Waals surface area contributed by atoms with Gasteiger partial charge in [-0.2, -0.15) is 0 Å². The highest BCUT2D eigenvalue weighted by Gasteiger charge is 2.22. The molecule has 0 aliphatic heterocycles. The van der Waals surface area contributed by atoms with Gasteiger partial charge in [0, 0.05) is 19.3 Å². The van der Waals surface area contributed by atoms with Crippen LogP contribution in [0, 0.1) is 11.3 Å². The molecule has 2 heteroatoms. The molecule has 0 spiro atoms. The van der Waals surface area contributed by atoms with Gasteiger partial charge in [-0.1, -0.05) is 34.6 Å². The summed E-state index contributed by atoms with van der Waals surface area (Å²) in [6.45, 7) is 13.0. The minimum Gasteiger partial charge on any atom is -0.381 e. The van der Waals surface area contributed by atoms with Crippen LogP contribution in [0.2, 0.25) is 0 Å². The standard InChI is InChI=1S/C13H29NO/c1-11(2)7-9-15-10-8-12(14-6)13(3,4)5/h11-12,14H,7-10H2,1-6H3. The van der Waals surface area contributed by atoms with Crippen LogP contribution in [0.5, 0.6) is 0 Å². The maximum absolute atomic E-state index is 5.63. The zero-order chi connectivity index (χ0) is 11.9. The first-order valence-corrected chi connectivity index (χ1v) is 6.13. The van der Waals surface area contributed by atoms with Crippen molar-refractivity contribution in [3.8, 4) is 0 Å². The molecule has 1 unspecified atom stereocenters.